The number of amides is 3. The fraction of sp³-hybridized carbons (Fsp3) is 0.318. The first-order valence-corrected chi connectivity index (χ1v) is 9.55. The molecule has 0 spiro atoms. The molecule has 0 bridgehead atoms. The van der Waals surface area contributed by atoms with E-state index in [1.165, 1.54) is 13.1 Å². The third-order valence-corrected chi connectivity index (χ3v) is 5.49. The highest BCUT2D eigenvalue weighted by Gasteiger charge is 2.57. The molecule has 31 heavy (non-hydrogen) atoms. The molecule has 1 aliphatic heterocycles. The van der Waals surface area contributed by atoms with Crippen LogP contribution in [0, 0.1) is 11.3 Å². The van der Waals surface area contributed by atoms with E-state index in [2.05, 4.69) is 0 Å². The molecule has 0 saturated carbocycles. The van der Waals surface area contributed by atoms with Crippen molar-refractivity contribution in [2.75, 3.05) is 18.6 Å². The van der Waals surface area contributed by atoms with Crippen LogP contribution in [0.3, 0.4) is 0 Å². The number of carbonyl (C=O) groups is 2. The van der Waals surface area contributed by atoms with Crippen LogP contribution in [0.15, 0.2) is 42.5 Å². The van der Waals surface area contributed by atoms with Gasteiger partial charge in [-0.1, -0.05) is 37.6 Å². The van der Waals surface area contributed by atoms with Gasteiger partial charge in [-0.25, -0.2) is 9.69 Å². The van der Waals surface area contributed by atoms with Gasteiger partial charge in [0, 0.05) is 7.05 Å². The standard InChI is InChI=1S/C22H20F3N3O3/c1-3-4-14-5-8-16(9-6-14)21(13-29)19(30)28(20(31)27(21)2)17-10-7-15(12-26)18(11-17)22(23,24)25/h5-11,29H,3-4,13H2,1-2H3. The lowest BCUT2D eigenvalue weighted by atomic mass is 9.88. The number of urea groups is 1. The highest BCUT2D eigenvalue weighted by molar-refractivity contribution is 6.23. The Hall–Kier alpha value is -3.38. The zero-order chi connectivity index (χ0) is 23.0. The Balaban J connectivity index is 2.11. The molecule has 3 amide bonds. The predicted octanol–water partition coefficient (Wildman–Crippen LogP) is 3.82. The average Bonchev–Trinajstić information content (AvgIpc) is 2.94. The summed E-state index contributed by atoms with van der Waals surface area (Å²) in [7, 11) is 1.31. The molecule has 9 heteroatoms. The highest BCUT2D eigenvalue weighted by Crippen LogP contribution is 2.41. The lowest BCUT2D eigenvalue weighted by Gasteiger charge is -2.31. The number of likely N-dealkylation sites (N-methyl/N-ethyl adjacent to an activating group) is 1. The van der Waals surface area contributed by atoms with E-state index in [4.69, 9.17) is 5.26 Å². The number of nitrogens with zero attached hydrogens (tertiary/aromatic N) is 3. The van der Waals surface area contributed by atoms with E-state index in [9.17, 15) is 27.9 Å². The molecule has 1 aliphatic rings. The molecule has 0 radical (unpaired) electrons. The molecule has 1 saturated heterocycles. The van der Waals surface area contributed by atoms with Crippen molar-refractivity contribution in [3.05, 3.63) is 64.7 Å². The van der Waals surface area contributed by atoms with Crippen LogP contribution in [0.4, 0.5) is 23.7 Å². The summed E-state index contributed by atoms with van der Waals surface area (Å²) < 4.78 is 40.1. The van der Waals surface area contributed by atoms with E-state index in [0.29, 0.717) is 16.5 Å². The number of imide groups is 1. The van der Waals surface area contributed by atoms with Gasteiger partial charge in [0.15, 0.2) is 5.54 Å². The number of alkyl halides is 3. The number of carbonyl (C=O) groups excluding carboxylic acids is 2. The third-order valence-electron chi connectivity index (χ3n) is 5.49. The largest absolute Gasteiger partial charge is 0.417 e. The van der Waals surface area contributed by atoms with Crippen LogP contribution in [0.2, 0.25) is 0 Å². The number of halogens is 3. The minimum atomic E-state index is -4.85. The predicted molar refractivity (Wildman–Crippen MR) is 106 cm³/mol. The fourth-order valence-corrected chi connectivity index (χ4v) is 3.78. The number of aryl methyl sites for hydroxylation is 1. The molecular formula is C22H20F3N3O3. The van der Waals surface area contributed by atoms with Crippen LogP contribution in [-0.4, -0.2) is 35.6 Å². The molecule has 1 unspecified atom stereocenters. The SMILES string of the molecule is CCCc1ccc(C2(CO)C(=O)N(c3ccc(C#N)c(C(F)(F)F)c3)C(=O)N2C)cc1. The summed E-state index contributed by atoms with van der Waals surface area (Å²) >= 11 is 0. The van der Waals surface area contributed by atoms with Crippen LogP contribution in [-0.2, 0) is 22.9 Å². The van der Waals surface area contributed by atoms with E-state index in [-0.39, 0.29) is 5.69 Å². The molecule has 0 aliphatic carbocycles. The zero-order valence-corrected chi connectivity index (χ0v) is 16.9. The van der Waals surface area contributed by atoms with Crippen molar-refractivity contribution in [1.82, 2.24) is 4.90 Å². The van der Waals surface area contributed by atoms with Gasteiger partial charge in [0.1, 0.15) is 0 Å². The Labute approximate surface area is 177 Å². The molecule has 1 N–H and O–H groups in total. The maximum atomic E-state index is 13.4. The molecule has 162 valence electrons. The van der Waals surface area contributed by atoms with Gasteiger partial charge in [-0.05, 0) is 35.7 Å². The van der Waals surface area contributed by atoms with Crippen molar-refractivity contribution in [2.24, 2.45) is 0 Å². The first-order valence-electron chi connectivity index (χ1n) is 9.55. The summed E-state index contributed by atoms with van der Waals surface area (Å²) in [6.07, 6.45) is -3.12. The molecule has 3 rings (SSSR count). The number of rotatable bonds is 5. The average molecular weight is 431 g/mol. The van der Waals surface area contributed by atoms with Crippen molar-refractivity contribution >= 4 is 17.6 Å². The molecule has 1 atom stereocenters. The van der Waals surface area contributed by atoms with Crippen molar-refractivity contribution in [1.29, 1.82) is 5.26 Å². The molecule has 0 aromatic heterocycles. The number of nitriles is 1. The van der Waals surface area contributed by atoms with Gasteiger partial charge in [-0.3, -0.25) is 4.79 Å². The summed E-state index contributed by atoms with van der Waals surface area (Å²) in [5.74, 6) is -0.872. The number of anilines is 1. The maximum absolute atomic E-state index is 13.4. The minimum Gasteiger partial charge on any atom is -0.393 e. The van der Waals surface area contributed by atoms with E-state index >= 15 is 0 Å². The third kappa shape index (κ3) is 3.53. The van der Waals surface area contributed by atoms with Crippen LogP contribution >= 0.6 is 0 Å². The van der Waals surface area contributed by atoms with Gasteiger partial charge in [0.2, 0.25) is 0 Å². The van der Waals surface area contributed by atoms with Gasteiger partial charge in [0.05, 0.1) is 29.5 Å². The van der Waals surface area contributed by atoms with Crippen LogP contribution in [0.5, 0.6) is 0 Å². The molecule has 6 nitrogen and oxygen atoms in total. The van der Waals surface area contributed by atoms with Crippen LogP contribution in [0.25, 0.3) is 0 Å². The van der Waals surface area contributed by atoms with Crippen LogP contribution < -0.4 is 4.90 Å². The Kier molecular flexibility index (Phi) is 5.79. The Morgan fingerprint density at radius 3 is 2.29 bits per heavy atom. The molecule has 2 aromatic rings. The van der Waals surface area contributed by atoms with Gasteiger partial charge in [-0.15, -0.1) is 0 Å². The normalized spacial score (nSPS) is 19.1. The summed E-state index contributed by atoms with van der Waals surface area (Å²) in [6, 6.07) is 10.0. The molecule has 1 fully saturated rings. The van der Waals surface area contributed by atoms with Crippen molar-refractivity contribution in [3.63, 3.8) is 0 Å². The number of benzene rings is 2. The second-order valence-electron chi connectivity index (χ2n) is 7.29. The summed E-state index contributed by atoms with van der Waals surface area (Å²) in [6.45, 7) is 1.26. The minimum absolute atomic E-state index is 0.328. The van der Waals surface area contributed by atoms with E-state index < -0.39 is 41.4 Å². The lowest BCUT2D eigenvalue weighted by molar-refractivity contribution is -0.137. The van der Waals surface area contributed by atoms with Crippen molar-refractivity contribution < 1.29 is 27.9 Å². The molecule has 2 aromatic carbocycles. The van der Waals surface area contributed by atoms with Crippen molar-refractivity contribution in [2.45, 2.75) is 31.5 Å². The summed E-state index contributed by atoms with van der Waals surface area (Å²) in [5.41, 5.74) is -2.61. The first-order chi connectivity index (χ1) is 14.6. The lowest BCUT2D eigenvalue weighted by Crippen LogP contribution is -2.48. The smallest absolute Gasteiger partial charge is 0.393 e. The molecule has 1 heterocycles. The van der Waals surface area contributed by atoms with Crippen molar-refractivity contribution in [3.8, 4) is 6.07 Å². The van der Waals surface area contributed by atoms with Gasteiger partial charge in [0.25, 0.3) is 5.91 Å². The Morgan fingerprint density at radius 2 is 1.77 bits per heavy atom. The number of hydrogen-bond acceptors (Lipinski definition) is 4. The van der Waals surface area contributed by atoms with Gasteiger partial charge >= 0.3 is 12.2 Å². The summed E-state index contributed by atoms with van der Waals surface area (Å²) in [4.78, 5) is 27.9. The molecular weight excluding hydrogens is 411 g/mol. The van der Waals surface area contributed by atoms with E-state index in [1.807, 2.05) is 6.92 Å². The second kappa shape index (κ2) is 8.04. The topological polar surface area (TPSA) is 84.6 Å². The van der Waals surface area contributed by atoms with Gasteiger partial charge in [-0.2, -0.15) is 18.4 Å². The monoisotopic (exact) mass is 431 g/mol. The Morgan fingerprint density at radius 1 is 1.13 bits per heavy atom. The fourth-order valence-electron chi connectivity index (χ4n) is 3.78. The zero-order valence-electron chi connectivity index (χ0n) is 16.9. The highest BCUT2D eigenvalue weighted by atomic mass is 19.4. The quantitative estimate of drug-likeness (QED) is 0.730. The van der Waals surface area contributed by atoms with Gasteiger partial charge < -0.3 is 10.0 Å². The van der Waals surface area contributed by atoms with E-state index in [1.54, 1.807) is 24.3 Å². The maximum Gasteiger partial charge on any atom is 0.417 e. The summed E-state index contributed by atoms with van der Waals surface area (Å²) in [5, 5.41) is 19.1. The first kappa shape index (κ1) is 22.3. The number of hydrogen-bond donors (Lipinski definition) is 1. The Bertz CT molecular complexity index is 1060. The number of aliphatic hydroxyl groups excluding tert-OH is 1. The number of aliphatic hydroxyl groups is 1. The second-order valence-corrected chi connectivity index (χ2v) is 7.29. The van der Waals surface area contributed by atoms with Crippen LogP contribution in [0.1, 0.15) is 35.6 Å². The van der Waals surface area contributed by atoms with E-state index in [0.717, 1.165) is 35.4 Å².